The molecule has 16 heavy (non-hydrogen) atoms. The minimum Gasteiger partial charge on any atom is -0.395 e. The summed E-state index contributed by atoms with van der Waals surface area (Å²) in [5, 5.41) is 0. The third-order valence-electron chi connectivity index (χ3n) is 3.30. The van der Waals surface area contributed by atoms with Gasteiger partial charge in [-0.1, -0.05) is 13.1 Å². The number of rotatable bonds is 8. The van der Waals surface area contributed by atoms with Gasteiger partial charge < -0.3 is 13.4 Å². The molecule has 0 fully saturated rings. The summed E-state index contributed by atoms with van der Waals surface area (Å²) in [6.45, 7) is 12.6. The first-order valence-corrected chi connectivity index (χ1v) is 11.9. The van der Waals surface area contributed by atoms with E-state index in [1.807, 2.05) is 0 Å². The Hall–Kier alpha value is 0.314. The SMILES string of the molecule is CCO[Si](C)(CC[Si](C)(C)N(C)C)OCC. The lowest BCUT2D eigenvalue weighted by molar-refractivity contribution is 0.190. The van der Waals surface area contributed by atoms with Crippen molar-refractivity contribution < 1.29 is 8.85 Å². The topological polar surface area (TPSA) is 21.7 Å². The highest BCUT2D eigenvalue weighted by molar-refractivity contribution is 6.77. The Morgan fingerprint density at radius 2 is 1.31 bits per heavy atom. The summed E-state index contributed by atoms with van der Waals surface area (Å²) in [7, 11) is 1.24. The molecular weight excluding hydrogens is 234 g/mol. The Kier molecular flexibility index (Phi) is 7.04. The zero-order chi connectivity index (χ0) is 12.8. The van der Waals surface area contributed by atoms with Crippen molar-refractivity contribution in [1.82, 2.24) is 4.57 Å². The molecule has 0 rings (SSSR count). The molecule has 0 heterocycles. The van der Waals surface area contributed by atoms with Crippen LogP contribution in [-0.4, -0.2) is 48.7 Å². The Labute approximate surface area is 103 Å². The summed E-state index contributed by atoms with van der Waals surface area (Å²) in [6.07, 6.45) is 0. The molecule has 0 aliphatic rings. The molecule has 0 N–H and O–H groups in total. The second kappa shape index (κ2) is 6.91. The smallest absolute Gasteiger partial charge is 0.334 e. The normalized spacial score (nSPS) is 13.5. The lowest BCUT2D eigenvalue weighted by Crippen LogP contribution is -2.47. The third kappa shape index (κ3) is 5.59. The third-order valence-corrected chi connectivity index (χ3v) is 10.7. The Morgan fingerprint density at radius 1 is 0.875 bits per heavy atom. The predicted molar refractivity (Wildman–Crippen MR) is 75.7 cm³/mol. The molecule has 0 radical (unpaired) electrons. The first-order chi connectivity index (χ1) is 7.27. The lowest BCUT2D eigenvalue weighted by atomic mass is 10.9. The van der Waals surface area contributed by atoms with Crippen LogP contribution >= 0.6 is 0 Å². The summed E-state index contributed by atoms with van der Waals surface area (Å²) in [5.74, 6) is 0. The van der Waals surface area contributed by atoms with Gasteiger partial charge in [0, 0.05) is 13.2 Å². The monoisotopic (exact) mass is 263 g/mol. The minimum absolute atomic E-state index is 0.771. The average Bonchev–Trinajstić information content (AvgIpc) is 2.16. The zero-order valence-electron chi connectivity index (χ0n) is 12.1. The van der Waals surface area contributed by atoms with Crippen LogP contribution in [-0.2, 0) is 8.85 Å². The van der Waals surface area contributed by atoms with Gasteiger partial charge in [-0.2, -0.15) is 0 Å². The highest BCUT2D eigenvalue weighted by atomic mass is 28.4. The van der Waals surface area contributed by atoms with Gasteiger partial charge in [-0.05, 0) is 46.6 Å². The Bertz CT molecular complexity index is 192. The van der Waals surface area contributed by atoms with Crippen molar-refractivity contribution in [1.29, 1.82) is 0 Å². The van der Waals surface area contributed by atoms with Gasteiger partial charge in [0.05, 0.1) is 0 Å². The van der Waals surface area contributed by atoms with Gasteiger partial charge in [0.2, 0.25) is 0 Å². The van der Waals surface area contributed by atoms with Crippen molar-refractivity contribution in [3.8, 4) is 0 Å². The molecule has 0 saturated heterocycles. The van der Waals surface area contributed by atoms with E-state index in [1.165, 1.54) is 6.04 Å². The molecule has 0 aromatic heterocycles. The fourth-order valence-corrected chi connectivity index (χ4v) is 7.86. The molecule has 98 valence electrons. The van der Waals surface area contributed by atoms with Crippen LogP contribution in [0.5, 0.6) is 0 Å². The van der Waals surface area contributed by atoms with Crippen molar-refractivity contribution in [2.75, 3.05) is 27.3 Å². The van der Waals surface area contributed by atoms with Crippen LogP contribution in [0.15, 0.2) is 0 Å². The van der Waals surface area contributed by atoms with Crippen molar-refractivity contribution >= 4 is 16.8 Å². The molecule has 0 saturated carbocycles. The van der Waals surface area contributed by atoms with E-state index < -0.39 is 16.8 Å². The van der Waals surface area contributed by atoms with Gasteiger partial charge in [0.25, 0.3) is 0 Å². The molecule has 0 unspecified atom stereocenters. The van der Waals surface area contributed by atoms with E-state index in [-0.39, 0.29) is 0 Å². The van der Waals surface area contributed by atoms with Crippen LogP contribution in [0.4, 0.5) is 0 Å². The molecule has 0 atom stereocenters. The Balaban J connectivity index is 4.31. The highest BCUT2D eigenvalue weighted by Gasteiger charge is 2.34. The average molecular weight is 264 g/mol. The first-order valence-electron chi connectivity index (χ1n) is 6.22. The maximum absolute atomic E-state index is 5.87. The van der Waals surface area contributed by atoms with E-state index in [0.29, 0.717) is 0 Å². The molecular formula is C11H29NO2Si2. The van der Waals surface area contributed by atoms with Gasteiger partial charge in [0.15, 0.2) is 0 Å². The number of nitrogens with zero attached hydrogens (tertiary/aromatic N) is 1. The van der Waals surface area contributed by atoms with Crippen LogP contribution in [0.3, 0.4) is 0 Å². The zero-order valence-corrected chi connectivity index (χ0v) is 14.1. The van der Waals surface area contributed by atoms with Crippen molar-refractivity contribution in [2.45, 2.75) is 45.6 Å². The molecule has 0 bridgehead atoms. The van der Waals surface area contributed by atoms with Crippen molar-refractivity contribution in [3.05, 3.63) is 0 Å². The second-order valence-electron chi connectivity index (χ2n) is 5.21. The van der Waals surface area contributed by atoms with E-state index in [9.17, 15) is 0 Å². The maximum Gasteiger partial charge on any atom is 0.334 e. The fourth-order valence-electron chi connectivity index (χ4n) is 1.55. The van der Waals surface area contributed by atoms with Crippen LogP contribution in [0.25, 0.3) is 0 Å². The quantitative estimate of drug-likeness (QED) is 0.629. The predicted octanol–water partition coefficient (Wildman–Crippen LogP) is 2.90. The summed E-state index contributed by atoms with van der Waals surface area (Å²) in [5.41, 5.74) is 0. The summed E-state index contributed by atoms with van der Waals surface area (Å²) in [6, 6.07) is 2.37. The van der Waals surface area contributed by atoms with Gasteiger partial charge in [0.1, 0.15) is 8.24 Å². The minimum atomic E-state index is -1.90. The maximum atomic E-state index is 5.87. The van der Waals surface area contributed by atoms with E-state index in [0.717, 1.165) is 19.3 Å². The van der Waals surface area contributed by atoms with Crippen molar-refractivity contribution in [2.24, 2.45) is 0 Å². The number of hydrogen-bond donors (Lipinski definition) is 0. The fraction of sp³-hybridized carbons (Fsp3) is 1.00. The largest absolute Gasteiger partial charge is 0.395 e. The molecule has 0 aliphatic heterocycles. The molecule has 0 aromatic carbocycles. The van der Waals surface area contributed by atoms with Crippen LogP contribution < -0.4 is 0 Å². The van der Waals surface area contributed by atoms with Crippen LogP contribution in [0, 0.1) is 0 Å². The second-order valence-corrected chi connectivity index (χ2v) is 13.6. The summed E-state index contributed by atoms with van der Waals surface area (Å²) >= 11 is 0. The van der Waals surface area contributed by atoms with Gasteiger partial charge >= 0.3 is 8.56 Å². The first kappa shape index (κ1) is 16.3. The van der Waals surface area contributed by atoms with Gasteiger partial charge in [-0.15, -0.1) is 0 Å². The molecule has 0 spiro atoms. The molecule has 5 heteroatoms. The van der Waals surface area contributed by atoms with E-state index >= 15 is 0 Å². The Morgan fingerprint density at radius 3 is 1.62 bits per heavy atom. The standard InChI is InChI=1S/C11H29NO2Si2/c1-8-13-16(7,14-9-2)11-10-15(5,6)12(3)4/h8-11H2,1-7H3. The van der Waals surface area contributed by atoms with E-state index in [2.05, 4.69) is 52.1 Å². The summed E-state index contributed by atoms with van der Waals surface area (Å²) < 4.78 is 14.1. The number of hydrogen-bond acceptors (Lipinski definition) is 3. The van der Waals surface area contributed by atoms with Crippen LogP contribution in [0.2, 0.25) is 31.7 Å². The van der Waals surface area contributed by atoms with E-state index in [1.54, 1.807) is 0 Å². The molecule has 0 aromatic rings. The van der Waals surface area contributed by atoms with Gasteiger partial charge in [-0.25, -0.2) is 0 Å². The van der Waals surface area contributed by atoms with Crippen LogP contribution in [0.1, 0.15) is 13.8 Å². The summed E-state index contributed by atoms with van der Waals surface area (Å²) in [4.78, 5) is 0. The highest BCUT2D eigenvalue weighted by Crippen LogP contribution is 2.23. The molecule has 0 amide bonds. The van der Waals surface area contributed by atoms with E-state index in [4.69, 9.17) is 8.85 Å². The van der Waals surface area contributed by atoms with Gasteiger partial charge in [-0.3, -0.25) is 0 Å². The van der Waals surface area contributed by atoms with Crippen molar-refractivity contribution in [3.63, 3.8) is 0 Å². The molecule has 0 aliphatic carbocycles. The molecule has 3 nitrogen and oxygen atoms in total. The lowest BCUT2D eigenvalue weighted by Gasteiger charge is -2.34.